The van der Waals surface area contributed by atoms with Crippen LogP contribution in [0, 0.1) is 12.7 Å². The van der Waals surface area contributed by atoms with E-state index in [1.165, 1.54) is 12.1 Å². The largest absolute Gasteiger partial charge is 0.493 e. The molecule has 194 valence electrons. The van der Waals surface area contributed by atoms with Crippen molar-refractivity contribution in [3.8, 4) is 17.2 Å². The van der Waals surface area contributed by atoms with Crippen LogP contribution in [0.5, 0.6) is 17.2 Å². The first-order valence-corrected chi connectivity index (χ1v) is 12.1. The van der Waals surface area contributed by atoms with Gasteiger partial charge in [0.25, 0.3) is 0 Å². The summed E-state index contributed by atoms with van der Waals surface area (Å²) in [5, 5.41) is 11.2. The first kappa shape index (κ1) is 25.9. The van der Waals surface area contributed by atoms with E-state index in [9.17, 15) is 9.50 Å². The Hall–Kier alpha value is -3.14. The van der Waals surface area contributed by atoms with Crippen molar-refractivity contribution < 1.29 is 28.4 Å². The zero-order chi connectivity index (χ0) is 25.4. The molecular weight excluding hydrogens is 465 g/mol. The van der Waals surface area contributed by atoms with Crippen LogP contribution >= 0.6 is 0 Å². The number of nitrogens with zero attached hydrogens (tertiary/aromatic N) is 3. The highest BCUT2D eigenvalue weighted by Crippen LogP contribution is 2.29. The van der Waals surface area contributed by atoms with E-state index in [2.05, 4.69) is 14.5 Å². The Morgan fingerprint density at radius 3 is 2.83 bits per heavy atom. The van der Waals surface area contributed by atoms with E-state index < -0.39 is 5.60 Å². The van der Waals surface area contributed by atoms with E-state index >= 15 is 0 Å². The molecular formula is C27H34FN3O5. The van der Waals surface area contributed by atoms with Gasteiger partial charge in [-0.2, -0.15) is 0 Å². The summed E-state index contributed by atoms with van der Waals surface area (Å²) in [6, 6.07) is 11.8. The van der Waals surface area contributed by atoms with Crippen molar-refractivity contribution in [3.63, 3.8) is 0 Å². The molecule has 1 saturated heterocycles. The highest BCUT2D eigenvalue weighted by molar-refractivity contribution is 5.43. The molecule has 4 rings (SSSR count). The normalized spacial score (nSPS) is 18.6. The molecule has 2 heterocycles. The lowest BCUT2D eigenvalue weighted by Gasteiger charge is -2.30. The number of hydrogen-bond acceptors (Lipinski definition) is 7. The standard InChI is InChI=1S/C27H34FN3O5/c1-21-29-9-11-31(21)10-4-13-35-26-15-22(7-8-25(26)33-2)17-30-12-14-34-19-27(32,18-30)20-36-24-6-3-5-23(28)16-24/h3,5-9,11,15-16,32H,4,10,12-14,17-20H2,1-2H3/t27-/m1/s1. The van der Waals surface area contributed by atoms with Crippen LogP contribution in [0.1, 0.15) is 17.8 Å². The van der Waals surface area contributed by atoms with Crippen LogP contribution in [0.2, 0.25) is 0 Å². The monoisotopic (exact) mass is 499 g/mol. The van der Waals surface area contributed by atoms with Gasteiger partial charge >= 0.3 is 0 Å². The molecule has 3 aromatic rings. The first-order valence-electron chi connectivity index (χ1n) is 12.1. The molecule has 1 atom stereocenters. The average Bonchev–Trinajstić information content (AvgIpc) is 3.18. The molecule has 0 aliphatic carbocycles. The van der Waals surface area contributed by atoms with Crippen LogP contribution < -0.4 is 14.2 Å². The topological polar surface area (TPSA) is 78.2 Å². The molecule has 2 aromatic carbocycles. The fourth-order valence-electron chi connectivity index (χ4n) is 4.24. The number of aryl methyl sites for hydroxylation is 2. The molecule has 0 spiro atoms. The minimum absolute atomic E-state index is 0.000314. The van der Waals surface area contributed by atoms with Gasteiger partial charge in [0.2, 0.25) is 0 Å². The molecule has 0 radical (unpaired) electrons. The third-order valence-corrected chi connectivity index (χ3v) is 6.10. The Labute approximate surface area is 211 Å². The molecule has 36 heavy (non-hydrogen) atoms. The summed E-state index contributed by atoms with van der Waals surface area (Å²) in [4.78, 5) is 6.36. The maximum absolute atomic E-state index is 13.5. The third-order valence-electron chi connectivity index (χ3n) is 6.10. The number of aliphatic hydroxyl groups is 1. The SMILES string of the molecule is COc1ccc(CN2CCOC[C@@](O)(COc3cccc(F)c3)C2)cc1OCCCn1ccnc1C. The number of hydrogen-bond donors (Lipinski definition) is 1. The summed E-state index contributed by atoms with van der Waals surface area (Å²) in [5.74, 6) is 2.34. The minimum atomic E-state index is -1.22. The van der Waals surface area contributed by atoms with Gasteiger partial charge in [-0.25, -0.2) is 9.37 Å². The van der Waals surface area contributed by atoms with Gasteiger partial charge < -0.3 is 28.6 Å². The summed E-state index contributed by atoms with van der Waals surface area (Å²) in [5.41, 5.74) is -0.188. The van der Waals surface area contributed by atoms with Crippen molar-refractivity contribution >= 4 is 0 Å². The van der Waals surface area contributed by atoms with E-state index in [0.29, 0.717) is 50.1 Å². The number of halogens is 1. The lowest BCUT2D eigenvalue weighted by molar-refractivity contribution is -0.0647. The molecule has 0 amide bonds. The molecule has 1 aliphatic heterocycles. The maximum atomic E-state index is 13.5. The smallest absolute Gasteiger partial charge is 0.161 e. The molecule has 1 N–H and O–H groups in total. The van der Waals surface area contributed by atoms with Crippen molar-refractivity contribution in [2.24, 2.45) is 0 Å². The summed E-state index contributed by atoms with van der Waals surface area (Å²) < 4.78 is 38.4. The van der Waals surface area contributed by atoms with Crippen LogP contribution in [0.15, 0.2) is 54.9 Å². The van der Waals surface area contributed by atoms with Gasteiger partial charge in [-0.3, -0.25) is 4.90 Å². The Morgan fingerprint density at radius 1 is 1.17 bits per heavy atom. The number of imidazole rings is 1. The zero-order valence-electron chi connectivity index (χ0n) is 20.9. The number of ether oxygens (including phenoxy) is 4. The first-order chi connectivity index (χ1) is 17.4. The molecule has 0 saturated carbocycles. The second-order valence-electron chi connectivity index (χ2n) is 9.09. The second kappa shape index (κ2) is 12.2. The van der Waals surface area contributed by atoms with E-state index in [4.69, 9.17) is 18.9 Å². The van der Waals surface area contributed by atoms with Gasteiger partial charge in [0, 0.05) is 44.6 Å². The molecule has 1 aromatic heterocycles. The van der Waals surface area contributed by atoms with Crippen LogP contribution in [0.4, 0.5) is 4.39 Å². The van der Waals surface area contributed by atoms with Crippen molar-refractivity contribution in [2.45, 2.75) is 32.0 Å². The van der Waals surface area contributed by atoms with E-state index in [0.717, 1.165) is 24.4 Å². The number of benzene rings is 2. The van der Waals surface area contributed by atoms with E-state index in [1.54, 1.807) is 25.4 Å². The minimum Gasteiger partial charge on any atom is -0.493 e. The van der Waals surface area contributed by atoms with E-state index in [-0.39, 0.29) is 19.0 Å². The van der Waals surface area contributed by atoms with Crippen molar-refractivity contribution in [1.29, 1.82) is 0 Å². The average molecular weight is 500 g/mol. The third kappa shape index (κ3) is 7.19. The number of rotatable bonds is 11. The van der Waals surface area contributed by atoms with Gasteiger partial charge in [0.05, 0.1) is 26.9 Å². The Bertz CT molecular complexity index is 1120. The van der Waals surface area contributed by atoms with Crippen molar-refractivity contribution in [2.75, 3.05) is 46.6 Å². The van der Waals surface area contributed by atoms with Gasteiger partial charge in [0.1, 0.15) is 29.6 Å². The predicted octanol–water partition coefficient (Wildman–Crippen LogP) is 3.45. The summed E-state index contributed by atoms with van der Waals surface area (Å²) in [7, 11) is 1.63. The lowest BCUT2D eigenvalue weighted by Crippen LogP contribution is -2.48. The van der Waals surface area contributed by atoms with Gasteiger partial charge in [0.15, 0.2) is 11.5 Å². The van der Waals surface area contributed by atoms with E-state index in [1.807, 2.05) is 31.3 Å². The highest BCUT2D eigenvalue weighted by atomic mass is 19.1. The highest BCUT2D eigenvalue weighted by Gasteiger charge is 2.33. The number of β-amino-alcohol motifs (C(OH)–C–C–N with tert-alkyl or cyclic N) is 1. The summed E-state index contributed by atoms with van der Waals surface area (Å²) in [6.07, 6.45) is 4.60. The molecule has 9 heteroatoms. The zero-order valence-corrected chi connectivity index (χ0v) is 20.9. The maximum Gasteiger partial charge on any atom is 0.161 e. The van der Waals surface area contributed by atoms with Gasteiger partial charge in [-0.15, -0.1) is 0 Å². The number of aromatic nitrogens is 2. The Balaban J connectivity index is 1.35. The fourth-order valence-corrected chi connectivity index (χ4v) is 4.24. The fraction of sp³-hybridized carbons (Fsp3) is 0.444. The quantitative estimate of drug-likeness (QED) is 0.405. The summed E-state index contributed by atoms with van der Waals surface area (Å²) >= 11 is 0. The number of methoxy groups -OCH3 is 1. The second-order valence-corrected chi connectivity index (χ2v) is 9.09. The van der Waals surface area contributed by atoms with Crippen LogP contribution in [-0.4, -0.2) is 71.8 Å². The van der Waals surface area contributed by atoms with Gasteiger partial charge in [-0.05, 0) is 43.2 Å². The Morgan fingerprint density at radius 2 is 2.06 bits per heavy atom. The lowest BCUT2D eigenvalue weighted by atomic mass is 10.1. The molecule has 1 fully saturated rings. The van der Waals surface area contributed by atoms with Crippen LogP contribution in [-0.2, 0) is 17.8 Å². The molecule has 0 bridgehead atoms. The predicted molar refractivity (Wildman–Crippen MR) is 133 cm³/mol. The van der Waals surface area contributed by atoms with Crippen molar-refractivity contribution in [1.82, 2.24) is 14.5 Å². The van der Waals surface area contributed by atoms with Crippen LogP contribution in [0.25, 0.3) is 0 Å². The molecule has 0 unspecified atom stereocenters. The molecule has 1 aliphatic rings. The van der Waals surface area contributed by atoms with Crippen LogP contribution in [0.3, 0.4) is 0 Å². The Kier molecular flexibility index (Phi) is 8.79. The van der Waals surface area contributed by atoms with Crippen molar-refractivity contribution in [3.05, 3.63) is 72.1 Å². The van der Waals surface area contributed by atoms with Gasteiger partial charge in [-0.1, -0.05) is 12.1 Å². The molecule has 8 nitrogen and oxygen atoms in total. The summed E-state index contributed by atoms with van der Waals surface area (Å²) in [6.45, 7) is 5.62.